The standard InChI is InChI=1S/C15H19F2NO5/c1-14(2,3)23-13(21)18-10-6-5-9(7-11(10)22-4)15(16,17)8-12(19)20/h5-7H,8H2,1-4H3,(H,18,21)(H,19,20). The largest absolute Gasteiger partial charge is 0.495 e. The first-order valence-corrected chi connectivity index (χ1v) is 6.73. The van der Waals surface area contributed by atoms with Gasteiger partial charge in [-0.1, -0.05) is 6.07 Å². The number of hydrogen-bond donors (Lipinski definition) is 2. The van der Waals surface area contributed by atoms with Gasteiger partial charge in [0.2, 0.25) is 0 Å². The molecule has 0 aliphatic carbocycles. The number of amides is 1. The second-order valence-electron chi connectivity index (χ2n) is 5.82. The second kappa shape index (κ2) is 6.80. The molecule has 128 valence electrons. The van der Waals surface area contributed by atoms with Crippen LogP contribution < -0.4 is 10.1 Å². The Bertz CT molecular complexity index is 596. The third-order valence-corrected chi connectivity index (χ3v) is 2.63. The van der Waals surface area contributed by atoms with Gasteiger partial charge in [-0.15, -0.1) is 0 Å². The lowest BCUT2D eigenvalue weighted by atomic mass is 10.0. The van der Waals surface area contributed by atoms with Crippen LogP contribution in [0.4, 0.5) is 19.3 Å². The highest BCUT2D eigenvalue weighted by molar-refractivity contribution is 5.87. The van der Waals surface area contributed by atoms with Crippen LogP contribution in [-0.4, -0.2) is 29.9 Å². The molecule has 2 N–H and O–H groups in total. The fourth-order valence-corrected chi connectivity index (χ4v) is 1.73. The minimum Gasteiger partial charge on any atom is -0.495 e. The molecule has 0 bridgehead atoms. The SMILES string of the molecule is COc1cc(C(F)(F)CC(=O)O)ccc1NC(=O)OC(C)(C)C. The van der Waals surface area contributed by atoms with E-state index < -0.39 is 35.6 Å². The Labute approximate surface area is 132 Å². The average molecular weight is 331 g/mol. The van der Waals surface area contributed by atoms with E-state index in [1.165, 1.54) is 13.2 Å². The summed E-state index contributed by atoms with van der Waals surface area (Å²) in [5, 5.41) is 10.9. The zero-order valence-electron chi connectivity index (χ0n) is 13.3. The predicted molar refractivity (Wildman–Crippen MR) is 79.0 cm³/mol. The van der Waals surface area contributed by atoms with Gasteiger partial charge in [0.15, 0.2) is 0 Å². The summed E-state index contributed by atoms with van der Waals surface area (Å²) in [4.78, 5) is 22.2. The van der Waals surface area contributed by atoms with Crippen molar-refractivity contribution in [3.63, 3.8) is 0 Å². The van der Waals surface area contributed by atoms with Crippen molar-refractivity contribution in [2.24, 2.45) is 0 Å². The van der Waals surface area contributed by atoms with Crippen LogP contribution in [0.5, 0.6) is 5.75 Å². The number of hydrogen-bond acceptors (Lipinski definition) is 4. The normalized spacial score (nSPS) is 11.7. The van der Waals surface area contributed by atoms with E-state index in [9.17, 15) is 18.4 Å². The molecule has 0 saturated heterocycles. The molecule has 0 aromatic heterocycles. The number of ether oxygens (including phenoxy) is 2. The number of alkyl halides is 2. The quantitative estimate of drug-likeness (QED) is 0.861. The number of nitrogens with one attached hydrogen (secondary N) is 1. The lowest BCUT2D eigenvalue weighted by molar-refractivity contribution is -0.145. The van der Waals surface area contributed by atoms with Gasteiger partial charge in [0.25, 0.3) is 5.92 Å². The Kier molecular flexibility index (Phi) is 5.52. The van der Waals surface area contributed by atoms with Crippen LogP contribution in [0.2, 0.25) is 0 Å². The monoisotopic (exact) mass is 331 g/mol. The summed E-state index contributed by atoms with van der Waals surface area (Å²) in [5.41, 5.74) is -1.10. The van der Waals surface area contributed by atoms with Gasteiger partial charge >= 0.3 is 12.1 Å². The van der Waals surface area contributed by atoms with Crippen molar-refractivity contribution < 1.29 is 33.0 Å². The summed E-state index contributed by atoms with van der Waals surface area (Å²) in [6.07, 6.45) is -2.10. The summed E-state index contributed by atoms with van der Waals surface area (Å²) < 4.78 is 37.6. The van der Waals surface area contributed by atoms with E-state index in [0.717, 1.165) is 12.1 Å². The minimum absolute atomic E-state index is 0.0292. The third kappa shape index (κ3) is 5.72. The van der Waals surface area contributed by atoms with E-state index in [1.54, 1.807) is 20.8 Å². The zero-order valence-corrected chi connectivity index (χ0v) is 13.3. The van der Waals surface area contributed by atoms with Crippen LogP contribution in [0.25, 0.3) is 0 Å². The molecule has 6 nitrogen and oxygen atoms in total. The summed E-state index contributed by atoms with van der Waals surface area (Å²) in [6.45, 7) is 5.04. The maximum Gasteiger partial charge on any atom is 0.412 e. The lowest BCUT2D eigenvalue weighted by Gasteiger charge is -2.21. The average Bonchev–Trinajstić information content (AvgIpc) is 2.34. The Morgan fingerprint density at radius 1 is 1.26 bits per heavy atom. The zero-order chi connectivity index (χ0) is 17.8. The topological polar surface area (TPSA) is 84.9 Å². The lowest BCUT2D eigenvalue weighted by Crippen LogP contribution is -2.27. The van der Waals surface area contributed by atoms with Crippen molar-refractivity contribution in [2.45, 2.75) is 38.7 Å². The van der Waals surface area contributed by atoms with Crippen molar-refractivity contribution in [3.8, 4) is 5.75 Å². The summed E-state index contributed by atoms with van der Waals surface area (Å²) in [5.74, 6) is -5.20. The highest BCUT2D eigenvalue weighted by Crippen LogP contribution is 2.36. The molecular weight excluding hydrogens is 312 g/mol. The molecule has 0 aliphatic rings. The first-order chi connectivity index (χ1) is 10.4. The van der Waals surface area contributed by atoms with Crippen molar-refractivity contribution in [3.05, 3.63) is 23.8 Å². The Hall–Kier alpha value is -2.38. The van der Waals surface area contributed by atoms with Crippen molar-refractivity contribution in [2.75, 3.05) is 12.4 Å². The minimum atomic E-state index is -3.55. The van der Waals surface area contributed by atoms with Crippen LogP contribution in [0.3, 0.4) is 0 Å². The molecule has 1 aromatic carbocycles. The second-order valence-corrected chi connectivity index (χ2v) is 5.82. The van der Waals surface area contributed by atoms with Crippen molar-refractivity contribution in [1.82, 2.24) is 0 Å². The molecule has 8 heteroatoms. The van der Waals surface area contributed by atoms with Gasteiger partial charge in [-0.3, -0.25) is 10.1 Å². The van der Waals surface area contributed by atoms with Crippen molar-refractivity contribution in [1.29, 1.82) is 0 Å². The van der Waals surface area contributed by atoms with Crippen LogP contribution >= 0.6 is 0 Å². The van der Waals surface area contributed by atoms with E-state index in [2.05, 4.69) is 5.32 Å². The fourth-order valence-electron chi connectivity index (χ4n) is 1.73. The van der Waals surface area contributed by atoms with Gasteiger partial charge in [0.1, 0.15) is 17.8 Å². The number of carboxylic acid groups (broad SMARTS) is 1. The van der Waals surface area contributed by atoms with Gasteiger partial charge in [0, 0.05) is 5.56 Å². The number of carbonyl (C=O) groups excluding carboxylic acids is 1. The van der Waals surface area contributed by atoms with Gasteiger partial charge in [-0.25, -0.2) is 13.6 Å². The Morgan fingerprint density at radius 2 is 1.87 bits per heavy atom. The third-order valence-electron chi connectivity index (χ3n) is 2.63. The summed E-state index contributed by atoms with van der Waals surface area (Å²) in [7, 11) is 1.24. The molecular formula is C15H19F2NO5. The molecule has 0 heterocycles. The Balaban J connectivity index is 3.01. The maximum atomic E-state index is 13.8. The predicted octanol–water partition coefficient (Wildman–Crippen LogP) is 3.61. The summed E-state index contributed by atoms with van der Waals surface area (Å²) >= 11 is 0. The highest BCUT2D eigenvalue weighted by Gasteiger charge is 2.35. The number of anilines is 1. The molecule has 0 spiro atoms. The number of benzene rings is 1. The van der Waals surface area contributed by atoms with Gasteiger partial charge in [0.05, 0.1) is 12.8 Å². The number of rotatable bonds is 5. The molecule has 23 heavy (non-hydrogen) atoms. The number of halogens is 2. The van der Waals surface area contributed by atoms with Gasteiger partial charge < -0.3 is 14.6 Å². The van der Waals surface area contributed by atoms with Gasteiger partial charge in [-0.05, 0) is 32.9 Å². The van der Waals surface area contributed by atoms with Crippen LogP contribution in [-0.2, 0) is 15.5 Å². The van der Waals surface area contributed by atoms with Gasteiger partial charge in [-0.2, -0.15) is 0 Å². The van der Waals surface area contributed by atoms with E-state index in [-0.39, 0.29) is 11.4 Å². The van der Waals surface area contributed by atoms with E-state index >= 15 is 0 Å². The molecule has 1 aromatic rings. The highest BCUT2D eigenvalue weighted by atomic mass is 19.3. The fraction of sp³-hybridized carbons (Fsp3) is 0.467. The van der Waals surface area contributed by atoms with Crippen LogP contribution in [0, 0.1) is 0 Å². The van der Waals surface area contributed by atoms with Crippen LogP contribution in [0.15, 0.2) is 18.2 Å². The van der Waals surface area contributed by atoms with Crippen LogP contribution in [0.1, 0.15) is 32.8 Å². The van der Waals surface area contributed by atoms with E-state index in [0.29, 0.717) is 0 Å². The molecule has 0 atom stereocenters. The molecule has 0 saturated carbocycles. The first kappa shape index (κ1) is 18.7. The van der Waals surface area contributed by atoms with E-state index in [1.807, 2.05) is 0 Å². The number of aliphatic carboxylic acids is 1. The first-order valence-electron chi connectivity index (χ1n) is 6.73. The number of methoxy groups -OCH3 is 1. The number of carbonyl (C=O) groups is 2. The molecule has 0 unspecified atom stereocenters. The summed E-state index contributed by atoms with van der Waals surface area (Å²) in [6, 6.07) is 3.21. The molecule has 1 rings (SSSR count). The number of carboxylic acids is 1. The Morgan fingerprint density at radius 3 is 2.35 bits per heavy atom. The molecule has 0 aliphatic heterocycles. The van der Waals surface area contributed by atoms with Crippen molar-refractivity contribution >= 4 is 17.7 Å². The molecule has 1 amide bonds. The maximum absolute atomic E-state index is 13.8. The molecule has 0 radical (unpaired) electrons. The smallest absolute Gasteiger partial charge is 0.412 e. The molecule has 0 fully saturated rings. The van der Waals surface area contributed by atoms with E-state index in [4.69, 9.17) is 14.6 Å².